The minimum absolute atomic E-state index is 0.0126. The van der Waals surface area contributed by atoms with Crippen molar-refractivity contribution in [1.82, 2.24) is 14.7 Å². The van der Waals surface area contributed by atoms with Crippen LogP contribution in [0, 0.1) is 5.41 Å². The van der Waals surface area contributed by atoms with Crippen LogP contribution < -0.4 is 0 Å². The molecule has 0 spiro atoms. The smallest absolute Gasteiger partial charge is 0.252 e. The second-order valence-corrected chi connectivity index (χ2v) is 14.7. The molecule has 0 aromatic heterocycles. The summed E-state index contributed by atoms with van der Waals surface area (Å²) in [5, 5.41) is 0.687. The Labute approximate surface area is 240 Å². The summed E-state index contributed by atoms with van der Waals surface area (Å²) in [7, 11) is 0. The van der Waals surface area contributed by atoms with Gasteiger partial charge in [-0.15, -0.1) is 0 Å². The van der Waals surface area contributed by atoms with Gasteiger partial charge in [0.2, 0.25) is 5.91 Å². The number of benzene rings is 1. The summed E-state index contributed by atoms with van der Waals surface area (Å²) >= 11 is 6.25. The molecule has 1 aromatic carbocycles. The Kier molecular flexibility index (Phi) is 8.13. The highest BCUT2D eigenvalue weighted by molar-refractivity contribution is 6.30. The maximum Gasteiger partial charge on any atom is 0.252 e. The maximum absolute atomic E-state index is 14.5. The van der Waals surface area contributed by atoms with E-state index in [-0.39, 0.29) is 35.5 Å². The molecule has 39 heavy (non-hydrogen) atoms. The molecule has 7 heteroatoms. The highest BCUT2D eigenvalue weighted by Crippen LogP contribution is 2.42. The lowest BCUT2D eigenvalue weighted by Crippen LogP contribution is -2.54. The monoisotopic (exact) mass is 557 g/mol. The van der Waals surface area contributed by atoms with E-state index in [1.165, 1.54) is 0 Å². The third-order valence-corrected chi connectivity index (χ3v) is 10.3. The third kappa shape index (κ3) is 5.90. The highest BCUT2D eigenvalue weighted by atomic mass is 35.5. The molecule has 3 heterocycles. The van der Waals surface area contributed by atoms with E-state index in [0.717, 1.165) is 63.5 Å². The summed E-state index contributed by atoms with van der Waals surface area (Å²) in [6, 6.07) is 8.19. The van der Waals surface area contributed by atoms with Gasteiger partial charge in [0.1, 0.15) is 6.10 Å². The molecule has 1 aromatic rings. The van der Waals surface area contributed by atoms with Crippen molar-refractivity contribution >= 4 is 23.4 Å². The zero-order valence-electron chi connectivity index (χ0n) is 24.7. The molecule has 4 fully saturated rings. The molecule has 6 nitrogen and oxygen atoms in total. The molecular weight excluding hydrogens is 510 g/mol. The topological polar surface area (TPSA) is 53.1 Å². The highest BCUT2D eigenvalue weighted by Gasteiger charge is 2.52. The SMILES string of the molecule is CC1(C)CCC(N(C(=O)[C@@H]2CCCO2)[C@H]2CCN(C(=O)C3(c4ccc(Cl)cc4)CCN(C(C)(C)C)C3)C2)CC1. The minimum Gasteiger partial charge on any atom is -0.368 e. The minimum atomic E-state index is -0.592. The van der Waals surface area contributed by atoms with Crippen molar-refractivity contribution in [3.63, 3.8) is 0 Å². The van der Waals surface area contributed by atoms with Crippen LogP contribution in [0.1, 0.15) is 91.5 Å². The van der Waals surface area contributed by atoms with Gasteiger partial charge in [0, 0.05) is 49.4 Å². The Morgan fingerprint density at radius 1 is 0.974 bits per heavy atom. The average molecular weight is 558 g/mol. The molecular formula is C32H48ClN3O3. The molecule has 3 saturated heterocycles. The first kappa shape index (κ1) is 28.9. The van der Waals surface area contributed by atoms with Gasteiger partial charge in [0.25, 0.3) is 5.91 Å². The molecule has 0 N–H and O–H groups in total. The number of likely N-dealkylation sites (tertiary alicyclic amines) is 2. The van der Waals surface area contributed by atoms with Gasteiger partial charge < -0.3 is 14.5 Å². The van der Waals surface area contributed by atoms with Crippen LogP contribution in [0.15, 0.2) is 24.3 Å². The Morgan fingerprint density at radius 3 is 2.26 bits per heavy atom. The Morgan fingerprint density at radius 2 is 1.67 bits per heavy atom. The number of hydrogen-bond donors (Lipinski definition) is 0. The summed E-state index contributed by atoms with van der Waals surface area (Å²) in [6.45, 7) is 14.9. The molecule has 216 valence electrons. The molecule has 1 saturated carbocycles. The Hall–Kier alpha value is -1.63. The van der Waals surface area contributed by atoms with Gasteiger partial charge in [-0.1, -0.05) is 37.6 Å². The lowest BCUT2D eigenvalue weighted by atomic mass is 9.75. The number of carbonyl (C=O) groups excluding carboxylic acids is 2. The van der Waals surface area contributed by atoms with Crippen LogP contribution in [-0.4, -0.2) is 83.0 Å². The van der Waals surface area contributed by atoms with E-state index in [9.17, 15) is 9.59 Å². The van der Waals surface area contributed by atoms with Crippen LogP contribution in [0.4, 0.5) is 0 Å². The van der Waals surface area contributed by atoms with Gasteiger partial charge in [-0.05, 0) is 95.2 Å². The van der Waals surface area contributed by atoms with Gasteiger partial charge in [-0.25, -0.2) is 0 Å². The second-order valence-electron chi connectivity index (χ2n) is 14.3. The number of halogens is 1. The van der Waals surface area contributed by atoms with Crippen LogP contribution in [0.3, 0.4) is 0 Å². The summed E-state index contributed by atoms with van der Waals surface area (Å²) in [4.78, 5) is 35.1. The number of amides is 2. The van der Waals surface area contributed by atoms with Crippen molar-refractivity contribution in [3.8, 4) is 0 Å². The molecule has 1 aliphatic carbocycles. The van der Waals surface area contributed by atoms with Crippen molar-refractivity contribution in [1.29, 1.82) is 0 Å². The van der Waals surface area contributed by atoms with Crippen LogP contribution in [0.5, 0.6) is 0 Å². The van der Waals surface area contributed by atoms with E-state index < -0.39 is 5.41 Å². The van der Waals surface area contributed by atoms with Gasteiger partial charge in [0.15, 0.2) is 0 Å². The third-order valence-electron chi connectivity index (χ3n) is 10.0. The average Bonchev–Trinajstić information content (AvgIpc) is 3.66. The first-order chi connectivity index (χ1) is 18.4. The zero-order valence-corrected chi connectivity index (χ0v) is 25.4. The molecule has 3 aliphatic heterocycles. The molecule has 1 unspecified atom stereocenters. The van der Waals surface area contributed by atoms with Gasteiger partial charge in [-0.2, -0.15) is 0 Å². The maximum atomic E-state index is 14.5. The molecule has 3 atom stereocenters. The summed E-state index contributed by atoms with van der Waals surface area (Å²) in [6.07, 6.45) is 7.40. The standard InChI is InChI=1S/C32H48ClN3O3/c1-30(2,3)35-19-17-32(22-35,23-8-10-24(33)11-9-23)29(38)34-18-14-26(21-34)36(28(37)27-7-6-20-39-27)25-12-15-31(4,5)16-13-25/h8-11,25-27H,6-7,12-22H2,1-5H3/t26-,27-,32?/m0/s1. The van der Waals surface area contributed by atoms with E-state index in [1.807, 2.05) is 24.3 Å². The van der Waals surface area contributed by atoms with Crippen molar-refractivity contribution in [3.05, 3.63) is 34.9 Å². The summed E-state index contributed by atoms with van der Waals surface area (Å²) < 4.78 is 5.88. The fourth-order valence-electron chi connectivity index (χ4n) is 7.40. The van der Waals surface area contributed by atoms with E-state index in [0.29, 0.717) is 36.7 Å². The van der Waals surface area contributed by atoms with Gasteiger partial charge in [-0.3, -0.25) is 14.5 Å². The van der Waals surface area contributed by atoms with Crippen molar-refractivity contribution in [2.75, 3.05) is 32.8 Å². The zero-order chi connectivity index (χ0) is 28.0. The van der Waals surface area contributed by atoms with E-state index in [2.05, 4.69) is 49.3 Å². The normalized spacial score (nSPS) is 30.2. The largest absolute Gasteiger partial charge is 0.368 e. The van der Waals surface area contributed by atoms with Crippen molar-refractivity contribution in [2.24, 2.45) is 5.41 Å². The number of rotatable bonds is 5. The van der Waals surface area contributed by atoms with Crippen LogP contribution in [-0.2, 0) is 19.7 Å². The van der Waals surface area contributed by atoms with Crippen LogP contribution >= 0.6 is 11.6 Å². The lowest BCUT2D eigenvalue weighted by Gasteiger charge is -2.43. The first-order valence-electron chi connectivity index (χ1n) is 15.1. The first-order valence-corrected chi connectivity index (χ1v) is 15.5. The van der Waals surface area contributed by atoms with E-state index in [4.69, 9.17) is 16.3 Å². The Balaban J connectivity index is 1.38. The predicted octanol–water partition coefficient (Wildman–Crippen LogP) is 5.66. The quantitative estimate of drug-likeness (QED) is 0.469. The fraction of sp³-hybridized carbons (Fsp3) is 0.750. The Bertz CT molecular complexity index is 1040. The van der Waals surface area contributed by atoms with Crippen LogP contribution in [0.25, 0.3) is 0 Å². The molecule has 0 bridgehead atoms. The van der Waals surface area contributed by atoms with Crippen molar-refractivity contribution < 1.29 is 14.3 Å². The van der Waals surface area contributed by atoms with Crippen LogP contribution in [0.2, 0.25) is 5.02 Å². The van der Waals surface area contributed by atoms with Gasteiger partial charge in [0.05, 0.1) is 11.5 Å². The summed E-state index contributed by atoms with van der Waals surface area (Å²) in [5.74, 6) is 0.358. The van der Waals surface area contributed by atoms with Gasteiger partial charge >= 0.3 is 0 Å². The number of ether oxygens (including phenoxy) is 1. The molecule has 2 amide bonds. The lowest BCUT2D eigenvalue weighted by molar-refractivity contribution is -0.148. The second kappa shape index (κ2) is 11.0. The number of nitrogens with zero attached hydrogens (tertiary/aromatic N) is 3. The number of carbonyl (C=O) groups is 2. The van der Waals surface area contributed by atoms with E-state index >= 15 is 0 Å². The number of hydrogen-bond acceptors (Lipinski definition) is 4. The van der Waals surface area contributed by atoms with Crippen molar-refractivity contribution in [2.45, 2.75) is 115 Å². The fourth-order valence-corrected chi connectivity index (χ4v) is 7.53. The molecule has 0 radical (unpaired) electrons. The summed E-state index contributed by atoms with van der Waals surface area (Å²) in [5.41, 5.74) is 0.777. The molecule has 4 aliphatic rings. The van der Waals surface area contributed by atoms with E-state index in [1.54, 1.807) is 0 Å². The molecule has 5 rings (SSSR count). The predicted molar refractivity (Wildman–Crippen MR) is 156 cm³/mol.